The fraction of sp³-hybridized carbons (Fsp3) is 0.0556. The van der Waals surface area contributed by atoms with Crippen LogP contribution in [-0.4, -0.2) is 23.0 Å². The Morgan fingerprint density at radius 2 is 1.33 bits per heavy atom. The molecular formula is C18H14O6. The minimum atomic E-state index is -1.40. The van der Waals surface area contributed by atoms with Gasteiger partial charge in [-0.2, -0.15) is 0 Å². The van der Waals surface area contributed by atoms with Gasteiger partial charge < -0.3 is 14.6 Å². The molecule has 1 N–H and O–H groups in total. The largest absolute Gasteiger partial charge is 0.478 e. The summed E-state index contributed by atoms with van der Waals surface area (Å²) in [5, 5.41) is 9.12. The third-order valence-corrected chi connectivity index (χ3v) is 2.84. The van der Waals surface area contributed by atoms with E-state index in [1.54, 1.807) is 60.7 Å². The first kappa shape index (κ1) is 17.0. The molecule has 0 saturated carbocycles. The number of benzene rings is 2. The number of carboxylic acids is 1. The zero-order valence-corrected chi connectivity index (χ0v) is 12.5. The lowest BCUT2D eigenvalue weighted by Crippen LogP contribution is -2.15. The molecule has 0 aromatic heterocycles. The molecule has 0 fully saturated rings. The van der Waals surface area contributed by atoms with Gasteiger partial charge in [-0.05, 0) is 24.3 Å². The van der Waals surface area contributed by atoms with Crippen molar-refractivity contribution in [3.05, 3.63) is 72.3 Å². The van der Waals surface area contributed by atoms with Gasteiger partial charge in [0.05, 0.1) is 12.0 Å². The summed E-state index contributed by atoms with van der Waals surface area (Å²) in [5.41, 5.74) is -0.420. The van der Waals surface area contributed by atoms with E-state index in [2.05, 4.69) is 0 Å². The number of carboxylic acid groups (broad SMARTS) is 1. The van der Waals surface area contributed by atoms with E-state index in [1.807, 2.05) is 0 Å². The quantitative estimate of drug-likeness (QED) is 0.498. The van der Waals surface area contributed by atoms with Crippen LogP contribution in [0.2, 0.25) is 0 Å². The lowest BCUT2D eigenvalue weighted by atomic mass is 10.2. The summed E-state index contributed by atoms with van der Waals surface area (Å²) >= 11 is 0. The molecule has 24 heavy (non-hydrogen) atoms. The molecule has 6 nitrogen and oxygen atoms in total. The Morgan fingerprint density at radius 3 is 1.83 bits per heavy atom. The zero-order chi connectivity index (χ0) is 17.4. The van der Waals surface area contributed by atoms with Crippen LogP contribution in [0.5, 0.6) is 11.5 Å². The van der Waals surface area contributed by atoms with Gasteiger partial charge in [0.25, 0.3) is 0 Å². The predicted octanol–water partition coefficient (Wildman–Crippen LogP) is 2.60. The lowest BCUT2D eigenvalue weighted by Gasteiger charge is -2.05. The van der Waals surface area contributed by atoms with Crippen molar-refractivity contribution in [3.8, 4) is 11.5 Å². The highest BCUT2D eigenvalue weighted by molar-refractivity contribution is 5.99. The summed E-state index contributed by atoms with van der Waals surface area (Å²) in [4.78, 5) is 34.7. The molecule has 6 heteroatoms. The summed E-state index contributed by atoms with van der Waals surface area (Å²) < 4.78 is 9.96. The smallest absolute Gasteiger partial charge is 0.336 e. The predicted molar refractivity (Wildman–Crippen MR) is 84.5 cm³/mol. The minimum absolute atomic E-state index is 0.273. The van der Waals surface area contributed by atoms with E-state index in [-0.39, 0.29) is 5.75 Å². The van der Waals surface area contributed by atoms with Crippen molar-refractivity contribution in [3.63, 3.8) is 0 Å². The average Bonchev–Trinajstić information content (AvgIpc) is 2.56. The van der Waals surface area contributed by atoms with E-state index < -0.39 is 29.9 Å². The molecule has 0 amide bonds. The number of rotatable bonds is 6. The second kappa shape index (κ2) is 8.28. The first-order valence-corrected chi connectivity index (χ1v) is 7.01. The van der Waals surface area contributed by atoms with Gasteiger partial charge in [0.1, 0.15) is 11.5 Å². The highest BCUT2D eigenvalue weighted by Gasteiger charge is 2.17. The number of carbonyl (C=O) groups is 3. The van der Waals surface area contributed by atoms with E-state index in [0.29, 0.717) is 5.75 Å². The maximum Gasteiger partial charge on any atom is 0.336 e. The third kappa shape index (κ3) is 5.42. The van der Waals surface area contributed by atoms with Crippen molar-refractivity contribution >= 4 is 17.9 Å². The van der Waals surface area contributed by atoms with Gasteiger partial charge in [-0.15, -0.1) is 0 Å². The number of carbonyl (C=O) groups excluding carboxylic acids is 2. The SMILES string of the molecule is O=C(C=C(CC(=O)Oc1ccccc1)C(=O)O)Oc1ccccc1. The van der Waals surface area contributed by atoms with Gasteiger partial charge in [0, 0.05) is 6.08 Å². The zero-order valence-electron chi connectivity index (χ0n) is 12.5. The van der Waals surface area contributed by atoms with Gasteiger partial charge in [-0.25, -0.2) is 9.59 Å². The molecule has 0 aliphatic rings. The molecule has 0 saturated heterocycles. The summed E-state index contributed by atoms with van der Waals surface area (Å²) in [6.45, 7) is 0. The number of para-hydroxylation sites is 2. The van der Waals surface area contributed by atoms with E-state index in [0.717, 1.165) is 6.08 Å². The Balaban J connectivity index is 2.01. The standard InChI is InChI=1S/C18H14O6/c19-16(23-14-7-3-1-4-8-14)11-13(18(21)22)12-17(20)24-15-9-5-2-6-10-15/h1-11H,12H2,(H,21,22). The van der Waals surface area contributed by atoms with Crippen molar-refractivity contribution in [1.82, 2.24) is 0 Å². The van der Waals surface area contributed by atoms with Crippen LogP contribution >= 0.6 is 0 Å². The molecule has 0 bridgehead atoms. The molecule has 0 aliphatic carbocycles. The van der Waals surface area contributed by atoms with Crippen LogP contribution in [-0.2, 0) is 14.4 Å². The summed E-state index contributed by atoms with van der Waals surface area (Å²) in [7, 11) is 0. The maximum absolute atomic E-state index is 11.8. The van der Waals surface area contributed by atoms with Crippen LogP contribution in [0, 0.1) is 0 Å². The van der Waals surface area contributed by atoms with Crippen LogP contribution in [0.3, 0.4) is 0 Å². The third-order valence-electron chi connectivity index (χ3n) is 2.84. The number of esters is 2. The van der Waals surface area contributed by atoms with Crippen LogP contribution in [0.1, 0.15) is 6.42 Å². The van der Waals surface area contributed by atoms with E-state index in [9.17, 15) is 14.4 Å². The first-order chi connectivity index (χ1) is 11.5. The second-order valence-corrected chi connectivity index (χ2v) is 4.67. The van der Waals surface area contributed by atoms with Gasteiger partial charge in [0.15, 0.2) is 0 Å². The molecule has 2 aromatic rings. The van der Waals surface area contributed by atoms with Gasteiger partial charge in [0.2, 0.25) is 0 Å². The van der Waals surface area contributed by atoms with Crippen LogP contribution in [0.4, 0.5) is 0 Å². The molecule has 2 aromatic carbocycles. The van der Waals surface area contributed by atoms with Gasteiger partial charge >= 0.3 is 17.9 Å². The molecule has 0 atom stereocenters. The Labute approximate surface area is 137 Å². The number of ether oxygens (including phenoxy) is 2. The number of hydrogen-bond acceptors (Lipinski definition) is 5. The molecular weight excluding hydrogens is 312 g/mol. The van der Waals surface area contributed by atoms with E-state index >= 15 is 0 Å². The van der Waals surface area contributed by atoms with Crippen molar-refractivity contribution in [2.75, 3.05) is 0 Å². The molecule has 122 valence electrons. The van der Waals surface area contributed by atoms with Crippen LogP contribution in [0.15, 0.2) is 72.3 Å². The van der Waals surface area contributed by atoms with Crippen molar-refractivity contribution < 1.29 is 29.0 Å². The van der Waals surface area contributed by atoms with Crippen molar-refractivity contribution in [2.24, 2.45) is 0 Å². The average molecular weight is 326 g/mol. The summed E-state index contributed by atoms with van der Waals surface area (Å²) in [6, 6.07) is 16.4. The second-order valence-electron chi connectivity index (χ2n) is 4.67. The molecule has 0 aliphatic heterocycles. The molecule has 0 unspecified atom stereocenters. The number of hydrogen-bond donors (Lipinski definition) is 1. The normalized spacial score (nSPS) is 10.8. The summed E-state index contributed by atoms with van der Waals surface area (Å²) in [6.07, 6.45) is 0.204. The highest BCUT2D eigenvalue weighted by atomic mass is 16.5. The fourth-order valence-electron chi connectivity index (χ4n) is 1.78. The van der Waals surface area contributed by atoms with Gasteiger partial charge in [-0.3, -0.25) is 4.79 Å². The Morgan fingerprint density at radius 1 is 0.833 bits per heavy atom. The van der Waals surface area contributed by atoms with E-state index in [4.69, 9.17) is 14.6 Å². The van der Waals surface area contributed by atoms with Gasteiger partial charge in [-0.1, -0.05) is 36.4 Å². The Kier molecular flexibility index (Phi) is 5.85. The van der Waals surface area contributed by atoms with Crippen molar-refractivity contribution in [1.29, 1.82) is 0 Å². The lowest BCUT2D eigenvalue weighted by molar-refractivity contribution is -0.138. The van der Waals surface area contributed by atoms with Crippen LogP contribution in [0.25, 0.3) is 0 Å². The fourth-order valence-corrected chi connectivity index (χ4v) is 1.78. The highest BCUT2D eigenvalue weighted by Crippen LogP contribution is 2.13. The maximum atomic E-state index is 11.8. The van der Waals surface area contributed by atoms with Crippen LogP contribution < -0.4 is 9.47 Å². The topological polar surface area (TPSA) is 89.9 Å². The molecule has 0 heterocycles. The Hall–Kier alpha value is -3.41. The van der Waals surface area contributed by atoms with E-state index in [1.165, 1.54) is 0 Å². The first-order valence-electron chi connectivity index (χ1n) is 7.01. The monoisotopic (exact) mass is 326 g/mol. The minimum Gasteiger partial charge on any atom is -0.478 e. The van der Waals surface area contributed by atoms with Crippen molar-refractivity contribution in [2.45, 2.75) is 6.42 Å². The molecule has 0 spiro atoms. The number of aliphatic carboxylic acids is 1. The molecule has 2 rings (SSSR count). The summed E-state index contributed by atoms with van der Waals surface area (Å²) in [5.74, 6) is -2.51. The molecule has 0 radical (unpaired) electrons. The Bertz CT molecular complexity index is 750.